The van der Waals surface area contributed by atoms with Gasteiger partial charge in [-0.3, -0.25) is 4.79 Å². The van der Waals surface area contributed by atoms with Crippen LogP contribution in [0.15, 0.2) is 0 Å². The molecule has 1 aliphatic carbocycles. The van der Waals surface area contributed by atoms with Gasteiger partial charge in [0.15, 0.2) is 0 Å². The summed E-state index contributed by atoms with van der Waals surface area (Å²) < 4.78 is 0. The number of carbonyl (C=O) groups excluding carboxylic acids is 1. The van der Waals surface area contributed by atoms with Gasteiger partial charge in [-0.15, -0.1) is 11.8 Å². The van der Waals surface area contributed by atoms with Crippen LogP contribution in [-0.4, -0.2) is 33.7 Å². The van der Waals surface area contributed by atoms with Crippen molar-refractivity contribution in [1.82, 2.24) is 5.32 Å². The first-order chi connectivity index (χ1) is 7.89. The summed E-state index contributed by atoms with van der Waals surface area (Å²) in [6, 6.07) is 2.19. The number of hydrogen-bond donors (Lipinski definition) is 2. The molecule has 4 nitrogen and oxygen atoms in total. The molecule has 0 heterocycles. The van der Waals surface area contributed by atoms with Crippen LogP contribution < -0.4 is 5.32 Å². The number of nitrogens with one attached hydrogen (secondary N) is 1. The summed E-state index contributed by atoms with van der Waals surface area (Å²) >= 11 is 1.40. The molecular formula is C12H20N2O2S. The van der Waals surface area contributed by atoms with Crippen LogP contribution in [-0.2, 0) is 4.79 Å². The molecule has 0 bridgehead atoms. The zero-order valence-corrected chi connectivity index (χ0v) is 11.4. The van der Waals surface area contributed by atoms with Crippen molar-refractivity contribution in [1.29, 1.82) is 5.26 Å². The molecule has 0 aromatic heterocycles. The van der Waals surface area contributed by atoms with Gasteiger partial charge in [-0.1, -0.05) is 6.92 Å². The van der Waals surface area contributed by atoms with Crippen molar-refractivity contribution in [3.63, 3.8) is 0 Å². The Morgan fingerprint density at radius 1 is 1.65 bits per heavy atom. The summed E-state index contributed by atoms with van der Waals surface area (Å²) in [6.07, 6.45) is 1.60. The molecule has 0 aliphatic heterocycles. The summed E-state index contributed by atoms with van der Waals surface area (Å²) in [5.41, 5.74) is -0.717. The number of carbonyl (C=O) groups is 1. The lowest BCUT2D eigenvalue weighted by Gasteiger charge is -2.23. The van der Waals surface area contributed by atoms with Crippen LogP contribution in [0.3, 0.4) is 0 Å². The van der Waals surface area contributed by atoms with Gasteiger partial charge in [0.1, 0.15) is 5.54 Å². The van der Waals surface area contributed by atoms with E-state index in [1.54, 1.807) is 13.8 Å². The fourth-order valence-electron chi connectivity index (χ4n) is 1.55. The Bertz CT molecular complexity index is 323. The van der Waals surface area contributed by atoms with Crippen LogP contribution in [0.25, 0.3) is 0 Å². The van der Waals surface area contributed by atoms with Crippen LogP contribution in [0.1, 0.15) is 33.6 Å². The third kappa shape index (κ3) is 4.21. The van der Waals surface area contributed by atoms with E-state index < -0.39 is 11.6 Å². The third-order valence-electron chi connectivity index (χ3n) is 3.18. The highest BCUT2D eigenvalue weighted by Crippen LogP contribution is 2.39. The summed E-state index contributed by atoms with van der Waals surface area (Å²) in [5, 5.41) is 21.2. The molecule has 17 heavy (non-hydrogen) atoms. The molecular weight excluding hydrogens is 236 g/mol. The first-order valence-electron chi connectivity index (χ1n) is 5.91. The zero-order valence-electron chi connectivity index (χ0n) is 10.6. The second-order valence-corrected chi connectivity index (χ2v) is 6.26. The minimum absolute atomic E-state index is 0.0232. The van der Waals surface area contributed by atoms with Crippen molar-refractivity contribution in [3.8, 4) is 6.07 Å². The van der Waals surface area contributed by atoms with Gasteiger partial charge in [-0.2, -0.15) is 5.26 Å². The molecule has 3 atom stereocenters. The van der Waals surface area contributed by atoms with Crippen LogP contribution in [0.5, 0.6) is 0 Å². The minimum atomic E-state index is -0.717. The number of nitrogens with zero attached hydrogens (tertiary/aromatic N) is 1. The van der Waals surface area contributed by atoms with Crippen LogP contribution in [0.2, 0.25) is 0 Å². The summed E-state index contributed by atoms with van der Waals surface area (Å²) in [4.78, 5) is 11.7. The number of nitriles is 1. The lowest BCUT2D eigenvalue weighted by molar-refractivity contribution is -0.119. The highest BCUT2D eigenvalue weighted by atomic mass is 32.2. The van der Waals surface area contributed by atoms with E-state index in [-0.39, 0.29) is 16.9 Å². The van der Waals surface area contributed by atoms with Gasteiger partial charge in [0.2, 0.25) is 5.91 Å². The molecule has 1 amide bonds. The lowest BCUT2D eigenvalue weighted by Crippen LogP contribution is -2.47. The van der Waals surface area contributed by atoms with Gasteiger partial charge in [0, 0.05) is 5.25 Å². The molecule has 0 aromatic rings. The zero-order chi connectivity index (χ0) is 13.1. The summed E-state index contributed by atoms with van der Waals surface area (Å²) in [6.45, 7) is 5.37. The normalized spacial score (nSPS) is 22.1. The monoisotopic (exact) mass is 256 g/mol. The van der Waals surface area contributed by atoms with Gasteiger partial charge >= 0.3 is 0 Å². The molecule has 0 saturated heterocycles. The molecule has 1 fully saturated rings. The molecule has 0 unspecified atom stereocenters. The first kappa shape index (κ1) is 14.3. The average Bonchev–Trinajstić information content (AvgIpc) is 3.09. The van der Waals surface area contributed by atoms with E-state index in [1.165, 1.54) is 11.8 Å². The number of aliphatic hydroxyl groups excluding tert-OH is 1. The van der Waals surface area contributed by atoms with E-state index in [4.69, 9.17) is 5.26 Å². The van der Waals surface area contributed by atoms with Crippen molar-refractivity contribution in [2.45, 2.75) is 50.5 Å². The standard InChI is InChI=1S/C12H20N2O2S/c1-8(15)9(2)17-6-11(16)14-12(3,7-13)10-4-5-10/h8-10,15H,4-6H2,1-3H3,(H,14,16)/t8-,9+,12+/m0/s1. The Morgan fingerprint density at radius 2 is 2.24 bits per heavy atom. The van der Waals surface area contributed by atoms with E-state index in [0.717, 1.165) is 12.8 Å². The maximum Gasteiger partial charge on any atom is 0.231 e. The highest BCUT2D eigenvalue weighted by Gasteiger charge is 2.42. The fraction of sp³-hybridized carbons (Fsp3) is 0.833. The van der Waals surface area contributed by atoms with Crippen molar-refractivity contribution >= 4 is 17.7 Å². The fourth-order valence-corrected chi connectivity index (χ4v) is 2.32. The average molecular weight is 256 g/mol. The first-order valence-corrected chi connectivity index (χ1v) is 6.96. The van der Waals surface area contributed by atoms with E-state index in [0.29, 0.717) is 5.92 Å². The van der Waals surface area contributed by atoms with Crippen molar-refractivity contribution in [2.24, 2.45) is 5.92 Å². The van der Waals surface area contributed by atoms with Crippen LogP contribution in [0, 0.1) is 17.2 Å². The predicted molar refractivity (Wildman–Crippen MR) is 68.5 cm³/mol. The molecule has 0 aromatic carbocycles. The molecule has 0 radical (unpaired) electrons. The number of amides is 1. The molecule has 1 saturated carbocycles. The van der Waals surface area contributed by atoms with E-state index in [1.807, 2.05) is 6.92 Å². The summed E-state index contributed by atoms with van der Waals surface area (Å²) in [7, 11) is 0. The Balaban J connectivity index is 2.36. The Hall–Kier alpha value is -0.730. The van der Waals surface area contributed by atoms with Gasteiger partial charge in [0.25, 0.3) is 0 Å². The quantitative estimate of drug-likeness (QED) is 0.751. The van der Waals surface area contributed by atoms with E-state index in [2.05, 4.69) is 11.4 Å². The SMILES string of the molecule is C[C@H](O)[C@@H](C)SCC(=O)N[C@](C)(C#N)C1CC1. The van der Waals surface area contributed by atoms with E-state index >= 15 is 0 Å². The van der Waals surface area contributed by atoms with Crippen LogP contribution >= 0.6 is 11.8 Å². The second-order valence-electron chi connectivity index (χ2n) is 4.89. The predicted octanol–water partition coefficient (Wildman–Crippen LogP) is 1.30. The van der Waals surface area contributed by atoms with Crippen molar-refractivity contribution in [2.75, 3.05) is 5.75 Å². The molecule has 96 valence electrons. The van der Waals surface area contributed by atoms with E-state index in [9.17, 15) is 9.90 Å². The topological polar surface area (TPSA) is 73.1 Å². The Labute approximate surface area is 107 Å². The van der Waals surface area contributed by atoms with Crippen molar-refractivity contribution < 1.29 is 9.90 Å². The maximum atomic E-state index is 11.7. The molecule has 2 N–H and O–H groups in total. The smallest absolute Gasteiger partial charge is 0.231 e. The molecule has 5 heteroatoms. The van der Waals surface area contributed by atoms with Gasteiger partial charge in [-0.05, 0) is 32.6 Å². The molecule has 0 spiro atoms. The highest BCUT2D eigenvalue weighted by molar-refractivity contribution is 8.00. The Kier molecular flexibility index (Phi) is 4.84. The lowest BCUT2D eigenvalue weighted by atomic mass is 9.98. The summed E-state index contributed by atoms with van der Waals surface area (Å²) in [5.74, 6) is 0.463. The Morgan fingerprint density at radius 3 is 2.65 bits per heavy atom. The van der Waals surface area contributed by atoms with Gasteiger partial charge in [0.05, 0.1) is 17.9 Å². The third-order valence-corrected chi connectivity index (χ3v) is 4.53. The number of aliphatic hydroxyl groups is 1. The largest absolute Gasteiger partial charge is 0.392 e. The van der Waals surface area contributed by atoms with Crippen molar-refractivity contribution in [3.05, 3.63) is 0 Å². The number of thioether (sulfide) groups is 1. The molecule has 1 rings (SSSR count). The van der Waals surface area contributed by atoms with Gasteiger partial charge in [-0.25, -0.2) is 0 Å². The molecule has 1 aliphatic rings. The number of rotatable bonds is 6. The van der Waals surface area contributed by atoms with Crippen LogP contribution in [0.4, 0.5) is 0 Å². The maximum absolute atomic E-state index is 11.7. The number of hydrogen-bond acceptors (Lipinski definition) is 4. The van der Waals surface area contributed by atoms with Gasteiger partial charge < -0.3 is 10.4 Å². The minimum Gasteiger partial charge on any atom is -0.392 e. The second kappa shape index (κ2) is 5.74.